The average molecular weight is 440 g/mol. The van der Waals surface area contributed by atoms with Gasteiger partial charge >= 0.3 is 0 Å². The topological polar surface area (TPSA) is 59.2 Å². The van der Waals surface area contributed by atoms with Crippen molar-refractivity contribution in [1.82, 2.24) is 9.88 Å². The number of benzene rings is 2. The predicted octanol–water partition coefficient (Wildman–Crippen LogP) is 5.27. The highest BCUT2D eigenvalue weighted by atomic mass is 35.5. The van der Waals surface area contributed by atoms with Crippen LogP contribution in [0.5, 0.6) is 0 Å². The van der Waals surface area contributed by atoms with Gasteiger partial charge in [0.2, 0.25) is 5.91 Å². The number of hydrogen-bond acceptors (Lipinski definition) is 3. The molecule has 4 rings (SSSR count). The third kappa shape index (κ3) is 4.36. The van der Waals surface area contributed by atoms with Crippen LogP contribution in [0, 0.1) is 0 Å². The van der Waals surface area contributed by atoms with Gasteiger partial charge in [-0.25, -0.2) is 0 Å². The lowest BCUT2D eigenvalue weighted by Crippen LogP contribution is -2.24. The van der Waals surface area contributed by atoms with E-state index in [4.69, 9.17) is 33.9 Å². The SMILES string of the molecule is NC(=O)C(c1cccc(-c2ccccc2CN2CCCC2)n1)c1c(Cl)cccc1Cl. The fourth-order valence-electron chi connectivity index (χ4n) is 4.07. The molecule has 0 bridgehead atoms. The van der Waals surface area contributed by atoms with Crippen LogP contribution in [0.15, 0.2) is 60.7 Å². The molecule has 1 aliphatic rings. The van der Waals surface area contributed by atoms with E-state index in [1.807, 2.05) is 18.2 Å². The number of carbonyl (C=O) groups is 1. The molecule has 1 saturated heterocycles. The summed E-state index contributed by atoms with van der Waals surface area (Å²) in [5.74, 6) is -1.36. The van der Waals surface area contributed by atoms with Gasteiger partial charge in [-0.15, -0.1) is 0 Å². The van der Waals surface area contributed by atoms with E-state index >= 15 is 0 Å². The summed E-state index contributed by atoms with van der Waals surface area (Å²) in [5, 5.41) is 0.792. The van der Waals surface area contributed by atoms with E-state index in [1.54, 1.807) is 24.3 Å². The largest absolute Gasteiger partial charge is 0.369 e. The summed E-state index contributed by atoms with van der Waals surface area (Å²) in [5.41, 5.74) is 9.86. The van der Waals surface area contributed by atoms with Gasteiger partial charge in [0.05, 0.1) is 11.4 Å². The van der Waals surface area contributed by atoms with Gasteiger partial charge < -0.3 is 5.73 Å². The van der Waals surface area contributed by atoms with E-state index in [0.29, 0.717) is 21.3 Å². The lowest BCUT2D eigenvalue weighted by Gasteiger charge is -2.19. The first kappa shape index (κ1) is 20.9. The Morgan fingerprint density at radius 2 is 1.63 bits per heavy atom. The minimum absolute atomic E-state index is 0.396. The molecular formula is C24H23Cl2N3O. The van der Waals surface area contributed by atoms with Gasteiger partial charge in [-0.1, -0.05) is 59.6 Å². The van der Waals surface area contributed by atoms with Gasteiger partial charge in [-0.2, -0.15) is 0 Å². The number of halogens is 2. The molecule has 2 aromatic carbocycles. The van der Waals surface area contributed by atoms with Crippen LogP contribution in [0.4, 0.5) is 0 Å². The summed E-state index contributed by atoms with van der Waals surface area (Å²) in [6.45, 7) is 3.13. The number of carbonyl (C=O) groups excluding carboxylic acids is 1. The fraction of sp³-hybridized carbons (Fsp3) is 0.250. The highest BCUT2D eigenvalue weighted by Gasteiger charge is 2.27. The molecule has 6 heteroatoms. The number of rotatable bonds is 6. The van der Waals surface area contributed by atoms with Crippen LogP contribution < -0.4 is 5.73 Å². The van der Waals surface area contributed by atoms with Crippen molar-refractivity contribution < 1.29 is 4.79 Å². The van der Waals surface area contributed by atoms with Crippen LogP contribution in [0.25, 0.3) is 11.3 Å². The first-order valence-electron chi connectivity index (χ1n) is 10.1. The molecule has 2 heterocycles. The number of nitrogens with two attached hydrogens (primary N) is 1. The molecule has 0 aliphatic carbocycles. The Morgan fingerprint density at radius 1 is 0.967 bits per heavy atom. The highest BCUT2D eigenvalue weighted by molar-refractivity contribution is 6.36. The predicted molar refractivity (Wildman–Crippen MR) is 122 cm³/mol. The Balaban J connectivity index is 1.75. The number of aromatic nitrogens is 1. The number of likely N-dealkylation sites (tertiary alicyclic amines) is 1. The summed E-state index contributed by atoms with van der Waals surface area (Å²) in [6.07, 6.45) is 2.49. The average Bonchev–Trinajstić information content (AvgIpc) is 3.24. The second-order valence-corrected chi connectivity index (χ2v) is 8.37. The molecule has 1 fully saturated rings. The molecular weight excluding hydrogens is 417 g/mol. The molecule has 30 heavy (non-hydrogen) atoms. The molecule has 1 unspecified atom stereocenters. The zero-order valence-electron chi connectivity index (χ0n) is 16.5. The summed E-state index contributed by atoms with van der Waals surface area (Å²) < 4.78 is 0. The van der Waals surface area contributed by atoms with Gasteiger partial charge in [-0.3, -0.25) is 14.7 Å². The van der Waals surface area contributed by atoms with Crippen molar-refractivity contribution in [3.05, 3.63) is 87.5 Å². The van der Waals surface area contributed by atoms with Crippen molar-refractivity contribution in [3.8, 4) is 11.3 Å². The van der Waals surface area contributed by atoms with Crippen molar-refractivity contribution in [3.63, 3.8) is 0 Å². The maximum atomic E-state index is 12.4. The molecule has 0 saturated carbocycles. The maximum Gasteiger partial charge on any atom is 0.231 e. The van der Waals surface area contributed by atoms with E-state index < -0.39 is 11.8 Å². The molecule has 1 atom stereocenters. The summed E-state index contributed by atoms with van der Waals surface area (Å²) in [7, 11) is 0. The van der Waals surface area contributed by atoms with Gasteiger partial charge in [0.25, 0.3) is 0 Å². The molecule has 4 nitrogen and oxygen atoms in total. The summed E-state index contributed by atoms with van der Waals surface area (Å²) >= 11 is 12.7. The third-order valence-corrected chi connectivity index (χ3v) is 6.18. The fourth-order valence-corrected chi connectivity index (χ4v) is 4.69. The van der Waals surface area contributed by atoms with Crippen LogP contribution in [0.3, 0.4) is 0 Å². The normalized spacial score (nSPS) is 15.3. The van der Waals surface area contributed by atoms with Crippen LogP contribution in [-0.2, 0) is 11.3 Å². The Hall–Kier alpha value is -2.40. The lowest BCUT2D eigenvalue weighted by atomic mass is 9.93. The number of hydrogen-bond donors (Lipinski definition) is 1. The van der Waals surface area contributed by atoms with Crippen molar-refractivity contribution >= 4 is 29.1 Å². The van der Waals surface area contributed by atoms with Crippen LogP contribution in [-0.4, -0.2) is 28.9 Å². The molecule has 1 aromatic heterocycles. The van der Waals surface area contributed by atoms with Crippen molar-refractivity contribution in [2.24, 2.45) is 5.73 Å². The van der Waals surface area contributed by atoms with Crippen LogP contribution in [0.1, 0.15) is 35.6 Å². The van der Waals surface area contributed by atoms with Crippen molar-refractivity contribution in [1.29, 1.82) is 0 Å². The van der Waals surface area contributed by atoms with E-state index in [9.17, 15) is 4.79 Å². The zero-order chi connectivity index (χ0) is 21.1. The number of primary amides is 1. The van der Waals surface area contributed by atoms with E-state index in [2.05, 4.69) is 23.1 Å². The highest BCUT2D eigenvalue weighted by Crippen LogP contribution is 2.36. The Morgan fingerprint density at radius 3 is 2.33 bits per heavy atom. The first-order valence-corrected chi connectivity index (χ1v) is 10.8. The minimum atomic E-state index is -0.822. The number of amides is 1. The van der Waals surface area contributed by atoms with Crippen molar-refractivity contribution in [2.75, 3.05) is 13.1 Å². The van der Waals surface area contributed by atoms with Gasteiger partial charge in [-0.05, 0) is 55.8 Å². The molecule has 3 aromatic rings. The number of nitrogens with zero attached hydrogens (tertiary/aromatic N) is 2. The smallest absolute Gasteiger partial charge is 0.231 e. The van der Waals surface area contributed by atoms with Crippen molar-refractivity contribution in [2.45, 2.75) is 25.3 Å². The molecule has 1 aliphatic heterocycles. The molecule has 0 radical (unpaired) electrons. The standard InChI is InChI=1S/C24H23Cl2N3O/c25-18-9-5-10-19(26)22(18)23(24(27)30)21-12-6-11-20(28-21)17-8-2-1-7-16(17)15-29-13-3-4-14-29/h1-2,5-12,23H,3-4,13-15H2,(H2,27,30). The molecule has 0 spiro atoms. The minimum Gasteiger partial charge on any atom is -0.369 e. The van der Waals surface area contributed by atoms with Gasteiger partial charge in [0.1, 0.15) is 5.92 Å². The Bertz CT molecular complexity index is 1040. The summed E-state index contributed by atoms with van der Waals surface area (Å²) in [4.78, 5) is 19.7. The third-order valence-electron chi connectivity index (χ3n) is 5.53. The first-order chi connectivity index (χ1) is 14.5. The zero-order valence-corrected chi connectivity index (χ0v) is 18.0. The van der Waals surface area contributed by atoms with Gasteiger partial charge in [0.15, 0.2) is 0 Å². The monoisotopic (exact) mass is 439 g/mol. The van der Waals surface area contributed by atoms with E-state index in [-0.39, 0.29) is 0 Å². The van der Waals surface area contributed by atoms with E-state index in [1.165, 1.54) is 18.4 Å². The molecule has 154 valence electrons. The lowest BCUT2D eigenvalue weighted by molar-refractivity contribution is -0.118. The van der Waals surface area contributed by atoms with E-state index in [0.717, 1.165) is 30.9 Å². The maximum absolute atomic E-state index is 12.4. The molecule has 1 amide bonds. The Kier molecular flexibility index (Phi) is 6.38. The van der Waals surface area contributed by atoms with Crippen LogP contribution in [0.2, 0.25) is 10.0 Å². The Labute approximate surface area is 186 Å². The van der Waals surface area contributed by atoms with Crippen LogP contribution >= 0.6 is 23.2 Å². The summed E-state index contributed by atoms with van der Waals surface area (Å²) in [6, 6.07) is 19.1. The van der Waals surface area contributed by atoms with Gasteiger partial charge in [0, 0.05) is 27.7 Å². The second-order valence-electron chi connectivity index (χ2n) is 7.56. The molecule has 2 N–H and O–H groups in total. The second kappa shape index (κ2) is 9.17. The number of pyridine rings is 1. The quantitative estimate of drug-likeness (QED) is 0.568.